The third kappa shape index (κ3) is 7.32. The van der Waals surface area contributed by atoms with Crippen LogP contribution in [0, 0.1) is 5.41 Å². The molecule has 1 aliphatic carbocycles. The number of hydrogen-bond donors (Lipinski definition) is 3. The van der Waals surface area contributed by atoms with E-state index in [-0.39, 0.29) is 33.1 Å². The first kappa shape index (κ1) is 31.9. The van der Waals surface area contributed by atoms with Crippen LogP contribution in [0.4, 0.5) is 37.9 Å². The van der Waals surface area contributed by atoms with Gasteiger partial charge in [0.15, 0.2) is 17.0 Å². The van der Waals surface area contributed by atoms with Crippen molar-refractivity contribution >= 4 is 46.1 Å². The van der Waals surface area contributed by atoms with Gasteiger partial charge in [0.1, 0.15) is 10.7 Å². The van der Waals surface area contributed by atoms with E-state index in [0.717, 1.165) is 25.0 Å². The highest BCUT2D eigenvalue weighted by molar-refractivity contribution is 6.29. The van der Waals surface area contributed by atoms with E-state index in [9.17, 15) is 41.0 Å². The van der Waals surface area contributed by atoms with Crippen LogP contribution < -0.4 is 15.6 Å². The summed E-state index contributed by atoms with van der Waals surface area (Å²) in [5.74, 6) is -3.79. The summed E-state index contributed by atoms with van der Waals surface area (Å²) in [5, 5.41) is 19.3. The van der Waals surface area contributed by atoms with Gasteiger partial charge >= 0.3 is 24.3 Å². The van der Waals surface area contributed by atoms with Crippen LogP contribution in [0.2, 0.25) is 5.15 Å². The molecular formula is C27H24ClF6N3O6. The summed E-state index contributed by atoms with van der Waals surface area (Å²) in [6.07, 6.45) is -5.42. The van der Waals surface area contributed by atoms with Gasteiger partial charge in [-0.05, 0) is 62.3 Å². The van der Waals surface area contributed by atoms with Crippen molar-refractivity contribution in [2.24, 2.45) is 5.41 Å². The van der Waals surface area contributed by atoms with Crippen LogP contribution in [0.25, 0.3) is 11.0 Å². The molecule has 1 saturated carbocycles. The molecule has 0 amide bonds. The van der Waals surface area contributed by atoms with Gasteiger partial charge in [0.05, 0.1) is 22.7 Å². The predicted octanol–water partition coefficient (Wildman–Crippen LogP) is 6.75. The molecule has 0 bridgehead atoms. The average Bonchev–Trinajstić information content (AvgIpc) is 3.67. The SMILES string of the molecule is CC(Nc1ccc(Cl)nc1C(=O)O)c1cc(C(F)(F)F)cc2c(=O)cc(N3CCC4(CC3)CC4)oc12.O=C(O)C(F)(F)F. The van der Waals surface area contributed by atoms with Crippen molar-refractivity contribution in [1.29, 1.82) is 0 Å². The van der Waals surface area contributed by atoms with E-state index >= 15 is 0 Å². The van der Waals surface area contributed by atoms with Gasteiger partial charge in [-0.1, -0.05) is 11.6 Å². The Hall–Kier alpha value is -4.01. The van der Waals surface area contributed by atoms with E-state index in [4.69, 9.17) is 25.9 Å². The highest BCUT2D eigenvalue weighted by atomic mass is 35.5. The van der Waals surface area contributed by atoms with E-state index in [0.29, 0.717) is 24.4 Å². The summed E-state index contributed by atoms with van der Waals surface area (Å²) in [5.41, 5.74) is -1.40. The first-order valence-corrected chi connectivity index (χ1v) is 13.2. The zero-order chi connectivity index (χ0) is 31.9. The zero-order valence-corrected chi connectivity index (χ0v) is 23.0. The number of alkyl halides is 6. The van der Waals surface area contributed by atoms with E-state index in [1.54, 1.807) is 6.92 Å². The lowest BCUT2D eigenvalue weighted by atomic mass is 9.94. The van der Waals surface area contributed by atoms with Gasteiger partial charge in [-0.2, -0.15) is 26.3 Å². The van der Waals surface area contributed by atoms with Gasteiger partial charge in [0, 0.05) is 24.7 Å². The lowest BCUT2D eigenvalue weighted by Gasteiger charge is -2.32. The number of anilines is 2. The number of aromatic carboxylic acids is 1. The van der Waals surface area contributed by atoms with Crippen LogP contribution in [-0.2, 0) is 11.0 Å². The molecule has 5 rings (SSSR count). The topological polar surface area (TPSA) is 133 Å². The number of carboxylic acids is 2. The predicted molar refractivity (Wildman–Crippen MR) is 143 cm³/mol. The second kappa shape index (κ2) is 11.6. The van der Waals surface area contributed by atoms with Crippen LogP contribution in [-0.4, -0.2) is 46.4 Å². The molecule has 3 aromatic rings. The van der Waals surface area contributed by atoms with Crippen molar-refractivity contribution in [3.63, 3.8) is 0 Å². The number of nitrogens with zero attached hydrogens (tertiary/aromatic N) is 2. The Bertz CT molecular complexity index is 1610. The maximum atomic E-state index is 13.7. The zero-order valence-electron chi connectivity index (χ0n) is 22.3. The highest BCUT2D eigenvalue weighted by Gasteiger charge is 2.45. The van der Waals surface area contributed by atoms with Crippen molar-refractivity contribution < 1.29 is 50.6 Å². The number of hydrogen-bond acceptors (Lipinski definition) is 7. The number of nitrogens with one attached hydrogen (secondary N) is 1. The van der Waals surface area contributed by atoms with Crippen LogP contribution in [0.5, 0.6) is 0 Å². The number of halogens is 7. The molecule has 1 atom stereocenters. The first-order chi connectivity index (χ1) is 19.9. The second-order valence-corrected chi connectivity index (χ2v) is 10.8. The van der Waals surface area contributed by atoms with E-state index in [1.807, 2.05) is 4.90 Å². The van der Waals surface area contributed by atoms with Gasteiger partial charge in [0.25, 0.3) is 0 Å². The minimum atomic E-state index is -5.08. The quantitative estimate of drug-likeness (QED) is 0.206. The van der Waals surface area contributed by atoms with Crippen LogP contribution in [0.1, 0.15) is 60.3 Å². The second-order valence-electron chi connectivity index (χ2n) is 10.4. The largest absolute Gasteiger partial charge is 0.490 e. The molecule has 2 aliphatic rings. The Balaban J connectivity index is 0.000000541. The third-order valence-electron chi connectivity index (χ3n) is 7.41. The van der Waals surface area contributed by atoms with Gasteiger partial charge < -0.3 is 24.8 Å². The summed E-state index contributed by atoms with van der Waals surface area (Å²) in [6.45, 7) is 2.97. The maximum absolute atomic E-state index is 13.7. The number of carbonyl (C=O) groups is 2. The van der Waals surface area contributed by atoms with Gasteiger partial charge in [-0.25, -0.2) is 14.6 Å². The summed E-state index contributed by atoms with van der Waals surface area (Å²) >= 11 is 5.81. The molecule has 3 heterocycles. The minimum Gasteiger partial charge on any atom is -0.476 e. The van der Waals surface area contributed by atoms with Crippen molar-refractivity contribution in [2.45, 2.75) is 51.0 Å². The molecule has 9 nitrogen and oxygen atoms in total. The number of benzene rings is 1. The van der Waals surface area contributed by atoms with Crippen LogP contribution in [0.15, 0.2) is 39.5 Å². The van der Waals surface area contributed by atoms with E-state index in [2.05, 4.69) is 10.3 Å². The summed E-state index contributed by atoms with van der Waals surface area (Å²) < 4.78 is 79.0. The molecule has 1 saturated heterocycles. The molecular weight excluding hydrogens is 612 g/mol. The Kier molecular flexibility index (Phi) is 8.60. The number of rotatable bonds is 5. The average molecular weight is 636 g/mol. The van der Waals surface area contributed by atoms with Crippen molar-refractivity contribution in [3.05, 3.63) is 62.5 Å². The molecule has 232 valence electrons. The van der Waals surface area contributed by atoms with Gasteiger partial charge in [-0.15, -0.1) is 0 Å². The number of piperidine rings is 1. The normalized spacial score (nSPS) is 16.8. The van der Waals surface area contributed by atoms with Crippen LogP contribution >= 0.6 is 11.6 Å². The summed E-state index contributed by atoms with van der Waals surface area (Å²) in [7, 11) is 0. The molecule has 16 heteroatoms. The van der Waals surface area contributed by atoms with Gasteiger partial charge in [-0.3, -0.25) is 4.79 Å². The Morgan fingerprint density at radius 3 is 2.16 bits per heavy atom. The maximum Gasteiger partial charge on any atom is 0.490 e. The van der Waals surface area contributed by atoms with E-state index < -0.39 is 41.3 Å². The molecule has 43 heavy (non-hydrogen) atoms. The molecule has 1 unspecified atom stereocenters. The Morgan fingerprint density at radius 1 is 1.05 bits per heavy atom. The monoisotopic (exact) mass is 635 g/mol. The fourth-order valence-corrected chi connectivity index (χ4v) is 4.96. The highest BCUT2D eigenvalue weighted by Crippen LogP contribution is 2.54. The third-order valence-corrected chi connectivity index (χ3v) is 7.62. The molecule has 1 spiro atoms. The minimum absolute atomic E-state index is 0.0241. The standard InChI is InChI=1S/C25H23ClF3N3O4.C2HF3O2/c1-13(30-17-2-3-19(26)31-21(17)23(34)35)15-10-14(25(27,28)29)11-16-18(33)12-20(36-22(15)16)32-8-6-24(4-5-24)7-9-32;3-2(4,5)1(6)7/h2-3,10-13,30H,4-9H2,1H3,(H,34,35);(H,6,7). The summed E-state index contributed by atoms with van der Waals surface area (Å²) in [6, 6.07) is 4.85. The van der Waals surface area contributed by atoms with Crippen molar-refractivity contribution in [2.75, 3.05) is 23.3 Å². The molecule has 2 aromatic heterocycles. The molecule has 0 radical (unpaired) electrons. The number of aromatic nitrogens is 1. The molecule has 1 aromatic carbocycles. The van der Waals surface area contributed by atoms with Gasteiger partial charge in [0.2, 0.25) is 0 Å². The fourth-order valence-electron chi connectivity index (χ4n) is 4.82. The smallest absolute Gasteiger partial charge is 0.476 e. The number of fused-ring (bicyclic) bond motifs is 1. The number of aliphatic carboxylic acids is 1. The Labute approximate surface area is 244 Å². The number of carboxylic acid groups (broad SMARTS) is 2. The molecule has 3 N–H and O–H groups in total. The fraction of sp³-hybridized carbons (Fsp3) is 0.407. The lowest BCUT2D eigenvalue weighted by molar-refractivity contribution is -0.192. The van der Waals surface area contributed by atoms with Crippen LogP contribution in [0.3, 0.4) is 0 Å². The number of pyridine rings is 1. The van der Waals surface area contributed by atoms with E-state index in [1.165, 1.54) is 31.0 Å². The molecule has 1 aliphatic heterocycles. The molecule has 2 fully saturated rings. The first-order valence-electron chi connectivity index (χ1n) is 12.8. The van der Waals surface area contributed by atoms with Crippen molar-refractivity contribution in [3.8, 4) is 0 Å². The lowest BCUT2D eigenvalue weighted by Crippen LogP contribution is -2.34. The Morgan fingerprint density at radius 2 is 1.65 bits per heavy atom. The van der Waals surface area contributed by atoms with Crippen molar-refractivity contribution in [1.82, 2.24) is 4.98 Å². The summed E-state index contributed by atoms with van der Waals surface area (Å²) in [4.78, 5) is 39.3.